The molecule has 0 radical (unpaired) electrons. The Bertz CT molecular complexity index is 529. The zero-order valence-electron chi connectivity index (χ0n) is 12.4. The second kappa shape index (κ2) is 8.74. The number of carbonyl (C=O) groups is 2. The molecule has 0 N–H and O–H groups in total. The molecule has 0 aliphatic carbocycles. The minimum Gasteiger partial charge on any atom is -0.466 e. The van der Waals surface area contributed by atoms with Crippen LogP contribution in [0.25, 0.3) is 5.57 Å². The fraction of sp³-hybridized carbons (Fsp3) is 0.294. The first-order chi connectivity index (χ1) is 10.1. The van der Waals surface area contributed by atoms with Crippen LogP contribution >= 0.6 is 0 Å². The van der Waals surface area contributed by atoms with Gasteiger partial charge in [0, 0.05) is 0 Å². The highest BCUT2D eigenvalue weighted by Gasteiger charge is 2.16. The number of esters is 2. The number of benzene rings is 1. The van der Waals surface area contributed by atoms with E-state index in [2.05, 4.69) is 6.58 Å². The van der Waals surface area contributed by atoms with Crippen molar-refractivity contribution in [2.24, 2.45) is 0 Å². The van der Waals surface area contributed by atoms with Crippen LogP contribution in [0.1, 0.15) is 25.8 Å². The standard InChI is InChI=1S/C17H20O4/c1-4-20-16(18)12-11-15(17(19)21-5-2)13(3)14-9-7-6-8-10-14/h6-11H,3-5,12H2,1-2H3/b15-11+. The van der Waals surface area contributed by atoms with Crippen LogP contribution in [-0.2, 0) is 19.1 Å². The van der Waals surface area contributed by atoms with E-state index in [4.69, 9.17) is 9.47 Å². The van der Waals surface area contributed by atoms with Gasteiger partial charge in [0.25, 0.3) is 0 Å². The van der Waals surface area contributed by atoms with E-state index < -0.39 is 5.97 Å². The molecule has 4 heteroatoms. The predicted octanol–water partition coefficient (Wildman–Crippen LogP) is 3.14. The summed E-state index contributed by atoms with van der Waals surface area (Å²) in [6, 6.07) is 9.28. The molecule has 0 saturated carbocycles. The molecule has 0 aliphatic heterocycles. The van der Waals surface area contributed by atoms with Crippen molar-refractivity contribution in [1.82, 2.24) is 0 Å². The average Bonchev–Trinajstić information content (AvgIpc) is 2.48. The summed E-state index contributed by atoms with van der Waals surface area (Å²) in [5, 5.41) is 0. The maximum absolute atomic E-state index is 12.0. The van der Waals surface area contributed by atoms with Gasteiger partial charge >= 0.3 is 11.9 Å². The van der Waals surface area contributed by atoms with E-state index in [1.54, 1.807) is 13.8 Å². The van der Waals surface area contributed by atoms with Gasteiger partial charge in [0.2, 0.25) is 0 Å². The van der Waals surface area contributed by atoms with E-state index >= 15 is 0 Å². The molecule has 0 aromatic heterocycles. The molecule has 0 saturated heterocycles. The van der Waals surface area contributed by atoms with Crippen molar-refractivity contribution in [1.29, 1.82) is 0 Å². The molecule has 1 rings (SSSR count). The predicted molar refractivity (Wildman–Crippen MR) is 81.4 cm³/mol. The van der Waals surface area contributed by atoms with Crippen LogP contribution in [0, 0.1) is 0 Å². The van der Waals surface area contributed by atoms with E-state index in [-0.39, 0.29) is 24.6 Å². The number of hydrogen-bond acceptors (Lipinski definition) is 4. The quantitative estimate of drug-likeness (QED) is 0.439. The molecule has 0 fully saturated rings. The number of ether oxygens (including phenoxy) is 2. The highest BCUT2D eigenvalue weighted by molar-refractivity contribution is 6.06. The van der Waals surface area contributed by atoms with E-state index in [9.17, 15) is 9.59 Å². The topological polar surface area (TPSA) is 52.6 Å². The summed E-state index contributed by atoms with van der Waals surface area (Å²) in [6.07, 6.45) is 1.51. The fourth-order valence-corrected chi connectivity index (χ4v) is 1.74. The van der Waals surface area contributed by atoms with Gasteiger partial charge in [0.05, 0.1) is 25.2 Å². The Morgan fingerprint density at radius 3 is 2.29 bits per heavy atom. The maximum atomic E-state index is 12.0. The minimum absolute atomic E-state index is 0.00778. The monoisotopic (exact) mass is 288 g/mol. The van der Waals surface area contributed by atoms with E-state index in [0.29, 0.717) is 12.2 Å². The lowest BCUT2D eigenvalue weighted by molar-refractivity contribution is -0.142. The van der Waals surface area contributed by atoms with Crippen molar-refractivity contribution in [2.75, 3.05) is 13.2 Å². The molecule has 0 aliphatic rings. The highest BCUT2D eigenvalue weighted by atomic mass is 16.5. The van der Waals surface area contributed by atoms with Crippen LogP contribution < -0.4 is 0 Å². The first kappa shape index (κ1) is 16.7. The van der Waals surface area contributed by atoms with Crippen molar-refractivity contribution < 1.29 is 19.1 Å². The van der Waals surface area contributed by atoms with E-state index in [1.807, 2.05) is 30.3 Å². The summed E-state index contributed by atoms with van der Waals surface area (Å²) >= 11 is 0. The second-order valence-electron chi connectivity index (χ2n) is 4.19. The highest BCUT2D eigenvalue weighted by Crippen LogP contribution is 2.22. The number of carbonyl (C=O) groups excluding carboxylic acids is 2. The smallest absolute Gasteiger partial charge is 0.338 e. The Balaban J connectivity index is 2.97. The normalized spacial score (nSPS) is 10.9. The second-order valence-corrected chi connectivity index (χ2v) is 4.19. The summed E-state index contributed by atoms with van der Waals surface area (Å²) in [5.74, 6) is -0.879. The van der Waals surface area contributed by atoms with Crippen LogP contribution in [0.3, 0.4) is 0 Å². The van der Waals surface area contributed by atoms with Crippen LogP contribution in [-0.4, -0.2) is 25.2 Å². The van der Waals surface area contributed by atoms with Crippen LogP contribution in [0.2, 0.25) is 0 Å². The Morgan fingerprint density at radius 1 is 1.10 bits per heavy atom. The van der Waals surface area contributed by atoms with Crippen LogP contribution in [0.15, 0.2) is 48.6 Å². The summed E-state index contributed by atoms with van der Waals surface area (Å²) in [7, 11) is 0. The molecule has 0 atom stereocenters. The molecule has 1 aromatic carbocycles. The third kappa shape index (κ3) is 5.26. The van der Waals surface area contributed by atoms with E-state index in [1.165, 1.54) is 6.08 Å². The third-order valence-corrected chi connectivity index (χ3v) is 2.72. The van der Waals surface area contributed by atoms with Crippen LogP contribution in [0.4, 0.5) is 0 Å². The Morgan fingerprint density at radius 2 is 1.71 bits per heavy atom. The van der Waals surface area contributed by atoms with Gasteiger partial charge in [-0.2, -0.15) is 0 Å². The van der Waals surface area contributed by atoms with Crippen molar-refractivity contribution in [3.63, 3.8) is 0 Å². The summed E-state index contributed by atoms with van der Waals surface area (Å²) in [6.45, 7) is 7.96. The van der Waals surface area contributed by atoms with Crippen molar-refractivity contribution in [2.45, 2.75) is 20.3 Å². The zero-order chi connectivity index (χ0) is 15.7. The summed E-state index contributed by atoms with van der Waals surface area (Å²) < 4.78 is 9.87. The zero-order valence-corrected chi connectivity index (χ0v) is 12.4. The molecule has 4 nitrogen and oxygen atoms in total. The Hall–Kier alpha value is -2.36. The molecule has 21 heavy (non-hydrogen) atoms. The largest absolute Gasteiger partial charge is 0.466 e. The molecule has 0 heterocycles. The SMILES string of the molecule is C=C(/C(=C\CC(=O)OCC)C(=O)OCC)c1ccccc1. The van der Waals surface area contributed by atoms with Crippen molar-refractivity contribution in [3.8, 4) is 0 Å². The first-order valence-corrected chi connectivity index (χ1v) is 6.87. The fourth-order valence-electron chi connectivity index (χ4n) is 1.74. The molecule has 0 amide bonds. The maximum Gasteiger partial charge on any atom is 0.338 e. The van der Waals surface area contributed by atoms with Crippen molar-refractivity contribution >= 4 is 17.5 Å². The van der Waals surface area contributed by atoms with Gasteiger partial charge in [-0.3, -0.25) is 4.79 Å². The molecule has 1 aromatic rings. The van der Waals surface area contributed by atoms with Gasteiger partial charge < -0.3 is 9.47 Å². The molecular weight excluding hydrogens is 268 g/mol. The first-order valence-electron chi connectivity index (χ1n) is 6.87. The Kier molecular flexibility index (Phi) is 6.95. The van der Waals surface area contributed by atoms with Crippen molar-refractivity contribution in [3.05, 3.63) is 54.1 Å². The Labute approximate surface area is 125 Å². The molecule has 0 unspecified atom stereocenters. The molecular formula is C17H20O4. The molecule has 0 spiro atoms. The lowest BCUT2D eigenvalue weighted by atomic mass is 9.98. The van der Waals surface area contributed by atoms with Gasteiger partial charge in [0.1, 0.15) is 0 Å². The number of hydrogen-bond donors (Lipinski definition) is 0. The van der Waals surface area contributed by atoms with Gasteiger partial charge in [-0.05, 0) is 25.0 Å². The van der Waals surface area contributed by atoms with Gasteiger partial charge in [-0.1, -0.05) is 43.0 Å². The number of rotatable bonds is 7. The van der Waals surface area contributed by atoms with Gasteiger partial charge in [-0.15, -0.1) is 0 Å². The third-order valence-electron chi connectivity index (χ3n) is 2.72. The lowest BCUT2D eigenvalue weighted by Crippen LogP contribution is -2.10. The van der Waals surface area contributed by atoms with Crippen LogP contribution in [0.5, 0.6) is 0 Å². The van der Waals surface area contributed by atoms with Gasteiger partial charge in [-0.25, -0.2) is 4.79 Å². The summed E-state index contributed by atoms with van der Waals surface area (Å²) in [4.78, 5) is 23.5. The average molecular weight is 288 g/mol. The minimum atomic E-state index is -0.490. The summed E-state index contributed by atoms with van der Waals surface area (Å²) in [5.41, 5.74) is 1.62. The molecule has 0 bridgehead atoms. The van der Waals surface area contributed by atoms with Gasteiger partial charge in [0.15, 0.2) is 0 Å². The van der Waals surface area contributed by atoms with E-state index in [0.717, 1.165) is 5.56 Å². The lowest BCUT2D eigenvalue weighted by Gasteiger charge is -2.10. The molecule has 112 valence electrons.